The molecule has 0 saturated carbocycles. The van der Waals surface area contributed by atoms with Gasteiger partial charge in [-0.25, -0.2) is 8.78 Å². The molecule has 0 bridgehead atoms. The van der Waals surface area contributed by atoms with Crippen LogP contribution in [0, 0.1) is 39.7 Å². The van der Waals surface area contributed by atoms with Crippen molar-refractivity contribution in [3.05, 3.63) is 71.3 Å². The summed E-state index contributed by atoms with van der Waals surface area (Å²) in [6.07, 6.45) is -1.33. The van der Waals surface area contributed by atoms with Gasteiger partial charge in [-0.3, -0.25) is 9.59 Å². The lowest BCUT2D eigenvalue weighted by Gasteiger charge is -2.17. The highest BCUT2D eigenvalue weighted by atomic mass is 19.1. The number of ketones is 2. The van der Waals surface area contributed by atoms with Crippen LogP contribution in [0.5, 0.6) is 0 Å². The maximum atomic E-state index is 13.7. The minimum absolute atomic E-state index is 0.268. The molecule has 0 radical (unpaired) electrons. The molecule has 0 aliphatic heterocycles. The van der Waals surface area contributed by atoms with Gasteiger partial charge in [0.05, 0.1) is 23.3 Å². The van der Waals surface area contributed by atoms with Crippen molar-refractivity contribution < 1.29 is 18.4 Å². The van der Waals surface area contributed by atoms with Gasteiger partial charge in [0.1, 0.15) is 11.6 Å². The van der Waals surface area contributed by atoms with Crippen LogP contribution in [0.15, 0.2) is 48.5 Å². The molecule has 0 aromatic heterocycles. The summed E-state index contributed by atoms with van der Waals surface area (Å²) in [7, 11) is 0. The Morgan fingerprint density at radius 1 is 0.800 bits per heavy atom. The smallest absolute Gasteiger partial charge is 0.168 e. The molecule has 0 N–H and O–H groups in total. The lowest BCUT2D eigenvalue weighted by Crippen LogP contribution is -2.25. The van der Waals surface area contributed by atoms with Gasteiger partial charge in [0.25, 0.3) is 0 Å². The number of carbonyl (C=O) groups excluding carboxylic acids is 2. The second-order valence-corrected chi connectivity index (χ2v) is 5.47. The van der Waals surface area contributed by atoms with E-state index in [0.717, 1.165) is 12.1 Å². The second-order valence-electron chi connectivity index (χ2n) is 5.47. The van der Waals surface area contributed by atoms with Crippen molar-refractivity contribution >= 4 is 11.6 Å². The highest BCUT2D eigenvalue weighted by Crippen LogP contribution is 2.30. The van der Waals surface area contributed by atoms with E-state index in [2.05, 4.69) is 0 Å². The monoisotopic (exact) mass is 338 g/mol. The number of hydrogen-bond donors (Lipinski definition) is 0. The predicted molar refractivity (Wildman–Crippen MR) is 84.4 cm³/mol. The first-order valence-corrected chi connectivity index (χ1v) is 7.30. The predicted octanol–water partition coefficient (Wildman–Crippen LogP) is 3.84. The van der Waals surface area contributed by atoms with E-state index in [9.17, 15) is 28.9 Å². The number of hydrogen-bond acceptors (Lipinski definition) is 4. The summed E-state index contributed by atoms with van der Waals surface area (Å²) < 4.78 is 27.4. The van der Waals surface area contributed by atoms with Gasteiger partial charge >= 0.3 is 0 Å². The largest absolute Gasteiger partial charge is 0.294 e. The molecule has 2 aromatic carbocycles. The zero-order valence-corrected chi connectivity index (χ0v) is 13.0. The Hall–Kier alpha value is -3.38. The lowest BCUT2D eigenvalue weighted by atomic mass is 9.79. The minimum atomic E-state index is -2.00. The van der Waals surface area contributed by atoms with Gasteiger partial charge in [-0.1, -0.05) is 24.3 Å². The van der Waals surface area contributed by atoms with Crippen molar-refractivity contribution in [1.82, 2.24) is 0 Å². The average Bonchev–Trinajstić information content (AvgIpc) is 2.61. The number of nitriles is 2. The first-order chi connectivity index (χ1) is 11.9. The molecular weight excluding hydrogens is 326 g/mol. The molecule has 124 valence electrons. The minimum Gasteiger partial charge on any atom is -0.294 e. The number of benzene rings is 2. The fraction of sp³-hybridized carbons (Fsp3) is 0.158. The summed E-state index contributed by atoms with van der Waals surface area (Å²) in [5.41, 5.74) is -2.54. The van der Waals surface area contributed by atoms with Crippen molar-refractivity contribution in [2.75, 3.05) is 0 Å². The van der Waals surface area contributed by atoms with Crippen LogP contribution in [0.25, 0.3) is 0 Å². The van der Waals surface area contributed by atoms with Crippen LogP contribution in [0.2, 0.25) is 0 Å². The average molecular weight is 338 g/mol. The Bertz CT molecular complexity index is 835. The normalized spacial score (nSPS) is 10.6. The van der Waals surface area contributed by atoms with E-state index in [1.807, 2.05) is 0 Å². The Balaban J connectivity index is 2.28. The summed E-state index contributed by atoms with van der Waals surface area (Å²) in [4.78, 5) is 24.5. The molecule has 2 rings (SSSR count). The lowest BCUT2D eigenvalue weighted by molar-refractivity contribution is 0.0909. The van der Waals surface area contributed by atoms with E-state index in [4.69, 9.17) is 0 Å². The molecule has 0 aliphatic carbocycles. The van der Waals surface area contributed by atoms with Gasteiger partial charge in [0, 0.05) is 12.8 Å². The van der Waals surface area contributed by atoms with E-state index in [1.165, 1.54) is 36.4 Å². The highest BCUT2D eigenvalue weighted by molar-refractivity contribution is 6.00. The van der Waals surface area contributed by atoms with Crippen molar-refractivity contribution in [3.63, 3.8) is 0 Å². The quantitative estimate of drug-likeness (QED) is 0.749. The SMILES string of the molecule is N#CC(C#N)(CC(=O)c1ccccc1F)CC(=O)c1ccccc1F. The number of rotatable bonds is 6. The van der Waals surface area contributed by atoms with Gasteiger partial charge in [0.2, 0.25) is 0 Å². The van der Waals surface area contributed by atoms with Gasteiger partial charge < -0.3 is 0 Å². The van der Waals surface area contributed by atoms with Gasteiger partial charge in [-0.2, -0.15) is 10.5 Å². The Morgan fingerprint density at radius 2 is 1.16 bits per heavy atom. The summed E-state index contributed by atoms with van der Waals surface area (Å²) in [6, 6.07) is 13.6. The first kappa shape index (κ1) is 18.0. The van der Waals surface area contributed by atoms with Crippen LogP contribution in [0.4, 0.5) is 8.78 Å². The molecule has 0 saturated heterocycles. The molecule has 0 spiro atoms. The molecule has 0 heterocycles. The fourth-order valence-corrected chi connectivity index (χ4v) is 2.36. The third kappa shape index (κ3) is 3.94. The van der Waals surface area contributed by atoms with Crippen LogP contribution < -0.4 is 0 Å². The maximum absolute atomic E-state index is 13.7. The van der Waals surface area contributed by atoms with Gasteiger partial charge in [-0.15, -0.1) is 0 Å². The Morgan fingerprint density at radius 3 is 1.48 bits per heavy atom. The fourth-order valence-electron chi connectivity index (χ4n) is 2.36. The molecule has 0 atom stereocenters. The molecule has 0 amide bonds. The summed E-state index contributed by atoms with van der Waals surface area (Å²) in [5.74, 6) is -3.11. The van der Waals surface area contributed by atoms with E-state index in [-0.39, 0.29) is 11.1 Å². The number of halogens is 2. The van der Waals surface area contributed by atoms with E-state index >= 15 is 0 Å². The van der Waals surface area contributed by atoms with Gasteiger partial charge in [0.15, 0.2) is 17.0 Å². The molecular formula is C19H12F2N2O2. The van der Waals surface area contributed by atoms with Crippen LogP contribution in [-0.4, -0.2) is 11.6 Å². The molecule has 0 aliphatic rings. The summed E-state index contributed by atoms with van der Waals surface area (Å²) in [6.45, 7) is 0. The number of carbonyl (C=O) groups is 2. The third-order valence-corrected chi connectivity index (χ3v) is 3.70. The van der Waals surface area contributed by atoms with Crippen LogP contribution >= 0.6 is 0 Å². The Labute approximate surface area is 142 Å². The van der Waals surface area contributed by atoms with Crippen molar-refractivity contribution in [1.29, 1.82) is 10.5 Å². The summed E-state index contributed by atoms with van der Waals surface area (Å²) in [5, 5.41) is 18.7. The molecule has 0 unspecified atom stereocenters. The zero-order chi connectivity index (χ0) is 18.4. The maximum Gasteiger partial charge on any atom is 0.168 e. The zero-order valence-electron chi connectivity index (χ0n) is 13.0. The third-order valence-electron chi connectivity index (χ3n) is 3.70. The number of Topliss-reactive ketones (excluding diaryl/α,β-unsaturated/α-hetero) is 2. The van der Waals surface area contributed by atoms with Crippen molar-refractivity contribution in [2.24, 2.45) is 5.41 Å². The van der Waals surface area contributed by atoms with Crippen LogP contribution in [0.1, 0.15) is 33.6 Å². The summed E-state index contributed by atoms with van der Waals surface area (Å²) >= 11 is 0. The molecule has 4 nitrogen and oxygen atoms in total. The van der Waals surface area contributed by atoms with E-state index in [0.29, 0.717) is 0 Å². The molecule has 6 heteroatoms. The topological polar surface area (TPSA) is 81.7 Å². The highest BCUT2D eigenvalue weighted by Gasteiger charge is 2.37. The van der Waals surface area contributed by atoms with E-state index in [1.54, 1.807) is 12.1 Å². The van der Waals surface area contributed by atoms with Crippen molar-refractivity contribution in [3.8, 4) is 12.1 Å². The standard InChI is InChI=1S/C19H12F2N2O2/c20-15-7-3-1-5-13(15)17(24)9-19(11-22,12-23)10-18(25)14-6-2-4-8-16(14)21/h1-8H,9-10H2. The molecule has 0 fully saturated rings. The van der Waals surface area contributed by atoms with Crippen LogP contribution in [0.3, 0.4) is 0 Å². The number of nitrogens with zero attached hydrogens (tertiary/aromatic N) is 2. The molecule has 25 heavy (non-hydrogen) atoms. The Kier molecular flexibility index (Phi) is 5.36. The van der Waals surface area contributed by atoms with Crippen molar-refractivity contribution in [2.45, 2.75) is 12.8 Å². The first-order valence-electron chi connectivity index (χ1n) is 7.30. The van der Waals surface area contributed by atoms with Gasteiger partial charge in [-0.05, 0) is 24.3 Å². The van der Waals surface area contributed by atoms with Crippen LogP contribution in [-0.2, 0) is 0 Å². The second kappa shape index (κ2) is 7.46. The van der Waals surface area contributed by atoms with E-state index < -0.39 is 41.5 Å². The molecule has 2 aromatic rings.